The van der Waals surface area contributed by atoms with Crippen LogP contribution in [0.4, 0.5) is 0 Å². The van der Waals surface area contributed by atoms with E-state index >= 15 is 0 Å². The van der Waals surface area contributed by atoms with Crippen LogP contribution in [-0.4, -0.2) is 59.8 Å². The zero-order valence-corrected chi connectivity index (χ0v) is 13.5. The van der Waals surface area contributed by atoms with Crippen LogP contribution in [-0.2, 0) is 4.74 Å². The molecule has 19 heavy (non-hydrogen) atoms. The third-order valence-electron chi connectivity index (χ3n) is 5.15. The van der Waals surface area contributed by atoms with E-state index in [1.807, 2.05) is 0 Å². The van der Waals surface area contributed by atoms with Gasteiger partial charge < -0.3 is 4.74 Å². The summed E-state index contributed by atoms with van der Waals surface area (Å²) >= 11 is 0. The molecule has 0 bridgehead atoms. The van der Waals surface area contributed by atoms with Gasteiger partial charge in [-0.25, -0.2) is 0 Å². The van der Waals surface area contributed by atoms with Gasteiger partial charge in [0, 0.05) is 37.8 Å². The highest BCUT2D eigenvalue weighted by Crippen LogP contribution is 2.27. The Morgan fingerprint density at radius 1 is 1.05 bits per heavy atom. The minimum absolute atomic E-state index is 0.372. The lowest BCUT2D eigenvalue weighted by atomic mass is 9.93. The first-order chi connectivity index (χ1) is 8.92. The Balaban J connectivity index is 1.86. The van der Waals surface area contributed by atoms with Crippen LogP contribution in [0.3, 0.4) is 0 Å². The van der Waals surface area contributed by atoms with Crippen LogP contribution in [0, 0.1) is 0 Å². The lowest BCUT2D eigenvalue weighted by Gasteiger charge is -2.47. The van der Waals surface area contributed by atoms with Crippen molar-refractivity contribution in [2.24, 2.45) is 0 Å². The minimum atomic E-state index is 0.372. The fourth-order valence-electron chi connectivity index (χ4n) is 3.58. The third kappa shape index (κ3) is 3.71. The van der Waals surface area contributed by atoms with Crippen LogP contribution >= 0.6 is 0 Å². The van der Waals surface area contributed by atoms with Crippen molar-refractivity contribution in [1.82, 2.24) is 9.80 Å². The lowest BCUT2D eigenvalue weighted by Crippen LogP contribution is -2.55. The number of piperidine rings is 1. The number of rotatable bonds is 3. The molecular formula is C16H32N2O. The number of hydrogen-bond donors (Lipinski definition) is 0. The minimum Gasteiger partial charge on any atom is -0.373 e. The molecule has 0 amide bonds. The maximum atomic E-state index is 5.85. The fraction of sp³-hybridized carbons (Fsp3) is 1.00. The fourth-order valence-corrected chi connectivity index (χ4v) is 3.58. The molecule has 2 saturated heterocycles. The van der Waals surface area contributed by atoms with Gasteiger partial charge in [0.2, 0.25) is 0 Å². The average molecular weight is 268 g/mol. The van der Waals surface area contributed by atoms with Crippen molar-refractivity contribution < 1.29 is 4.74 Å². The standard InChI is InChI=1S/C16H32N2O/c1-6-16(4,5)18-9-7-15(8-10-18)17-11-13(2)19-14(3)12-17/h13-15H,6-12H2,1-5H3. The van der Waals surface area contributed by atoms with E-state index in [0.29, 0.717) is 17.7 Å². The van der Waals surface area contributed by atoms with Gasteiger partial charge in [-0.15, -0.1) is 0 Å². The van der Waals surface area contributed by atoms with E-state index in [-0.39, 0.29) is 0 Å². The Morgan fingerprint density at radius 3 is 2.05 bits per heavy atom. The summed E-state index contributed by atoms with van der Waals surface area (Å²) in [6, 6.07) is 0.776. The Hall–Kier alpha value is -0.120. The Labute approximate surface area is 119 Å². The van der Waals surface area contributed by atoms with Crippen molar-refractivity contribution in [3.05, 3.63) is 0 Å². The second kappa shape index (κ2) is 6.11. The number of ether oxygens (including phenoxy) is 1. The van der Waals surface area contributed by atoms with Gasteiger partial charge in [0.1, 0.15) is 0 Å². The normalized spacial score (nSPS) is 32.7. The lowest BCUT2D eigenvalue weighted by molar-refractivity contribution is -0.0891. The van der Waals surface area contributed by atoms with E-state index < -0.39 is 0 Å². The largest absolute Gasteiger partial charge is 0.373 e. The van der Waals surface area contributed by atoms with Gasteiger partial charge in [-0.2, -0.15) is 0 Å². The third-order valence-corrected chi connectivity index (χ3v) is 5.15. The van der Waals surface area contributed by atoms with E-state index in [2.05, 4.69) is 44.4 Å². The van der Waals surface area contributed by atoms with E-state index in [9.17, 15) is 0 Å². The molecule has 0 radical (unpaired) electrons. The Bertz CT molecular complexity index is 274. The topological polar surface area (TPSA) is 15.7 Å². The number of likely N-dealkylation sites (tertiary alicyclic amines) is 1. The smallest absolute Gasteiger partial charge is 0.0678 e. The first kappa shape index (κ1) is 15.3. The zero-order valence-electron chi connectivity index (χ0n) is 13.5. The maximum Gasteiger partial charge on any atom is 0.0678 e. The molecule has 2 unspecified atom stereocenters. The zero-order chi connectivity index (χ0) is 14.0. The molecule has 3 nitrogen and oxygen atoms in total. The molecule has 0 saturated carbocycles. The van der Waals surface area contributed by atoms with Crippen LogP contribution in [0.25, 0.3) is 0 Å². The molecule has 0 aliphatic carbocycles. The highest BCUT2D eigenvalue weighted by Gasteiger charge is 2.33. The van der Waals surface area contributed by atoms with Crippen molar-refractivity contribution in [2.45, 2.75) is 77.7 Å². The van der Waals surface area contributed by atoms with Crippen molar-refractivity contribution in [2.75, 3.05) is 26.2 Å². The van der Waals surface area contributed by atoms with Gasteiger partial charge >= 0.3 is 0 Å². The van der Waals surface area contributed by atoms with E-state index in [0.717, 1.165) is 19.1 Å². The average Bonchev–Trinajstić information content (AvgIpc) is 2.38. The molecule has 112 valence electrons. The quantitative estimate of drug-likeness (QED) is 0.783. The Morgan fingerprint density at radius 2 is 1.58 bits per heavy atom. The molecule has 3 heteroatoms. The van der Waals surface area contributed by atoms with E-state index in [4.69, 9.17) is 4.74 Å². The van der Waals surface area contributed by atoms with Gasteiger partial charge in [0.15, 0.2) is 0 Å². The molecule has 0 aromatic heterocycles. The molecular weight excluding hydrogens is 236 g/mol. The van der Waals surface area contributed by atoms with E-state index in [1.54, 1.807) is 0 Å². The molecule has 0 N–H and O–H groups in total. The summed E-state index contributed by atoms with van der Waals surface area (Å²) in [5, 5.41) is 0. The SMILES string of the molecule is CCC(C)(C)N1CCC(N2CC(C)OC(C)C2)CC1. The van der Waals surface area contributed by atoms with Crippen LogP contribution in [0.2, 0.25) is 0 Å². The summed E-state index contributed by atoms with van der Waals surface area (Å²) in [4.78, 5) is 5.35. The summed E-state index contributed by atoms with van der Waals surface area (Å²) < 4.78 is 5.85. The predicted octanol–water partition coefficient (Wildman–Crippen LogP) is 2.75. The van der Waals surface area contributed by atoms with Gasteiger partial charge in [0.25, 0.3) is 0 Å². The molecule has 2 fully saturated rings. The highest BCUT2D eigenvalue weighted by molar-refractivity contribution is 4.89. The summed E-state index contributed by atoms with van der Waals surface area (Å²) in [6.07, 6.45) is 4.68. The summed E-state index contributed by atoms with van der Waals surface area (Å²) in [7, 11) is 0. The monoisotopic (exact) mass is 268 g/mol. The molecule has 2 atom stereocenters. The van der Waals surface area contributed by atoms with Crippen LogP contribution in [0.5, 0.6) is 0 Å². The summed E-state index contributed by atoms with van der Waals surface area (Å²) in [5.74, 6) is 0. The molecule has 0 spiro atoms. The summed E-state index contributed by atoms with van der Waals surface area (Å²) in [5.41, 5.74) is 0.372. The van der Waals surface area contributed by atoms with Crippen LogP contribution in [0.1, 0.15) is 53.9 Å². The first-order valence-electron chi connectivity index (χ1n) is 8.07. The van der Waals surface area contributed by atoms with Crippen LogP contribution in [0.15, 0.2) is 0 Å². The van der Waals surface area contributed by atoms with Gasteiger partial charge in [0.05, 0.1) is 12.2 Å². The van der Waals surface area contributed by atoms with Crippen molar-refractivity contribution in [1.29, 1.82) is 0 Å². The molecule has 2 heterocycles. The highest BCUT2D eigenvalue weighted by atomic mass is 16.5. The van der Waals surface area contributed by atoms with Crippen molar-refractivity contribution in [3.8, 4) is 0 Å². The Kier molecular flexibility index (Phi) is 4.91. The number of morpholine rings is 1. The van der Waals surface area contributed by atoms with Gasteiger partial charge in [-0.05, 0) is 47.0 Å². The van der Waals surface area contributed by atoms with Crippen molar-refractivity contribution in [3.63, 3.8) is 0 Å². The van der Waals surface area contributed by atoms with Crippen molar-refractivity contribution >= 4 is 0 Å². The molecule has 2 aliphatic rings. The molecule has 0 aromatic rings. The molecule has 0 aromatic carbocycles. The maximum absolute atomic E-state index is 5.85. The second-order valence-corrected chi connectivity index (χ2v) is 7.10. The number of hydrogen-bond acceptors (Lipinski definition) is 3. The molecule has 2 aliphatic heterocycles. The number of nitrogens with zero attached hydrogens (tertiary/aromatic N) is 2. The van der Waals surface area contributed by atoms with E-state index in [1.165, 1.54) is 32.4 Å². The second-order valence-electron chi connectivity index (χ2n) is 7.10. The van der Waals surface area contributed by atoms with Crippen LogP contribution < -0.4 is 0 Å². The van der Waals surface area contributed by atoms with Gasteiger partial charge in [-0.1, -0.05) is 6.92 Å². The first-order valence-corrected chi connectivity index (χ1v) is 8.07. The molecule has 2 rings (SSSR count). The predicted molar refractivity (Wildman–Crippen MR) is 80.5 cm³/mol. The van der Waals surface area contributed by atoms with Gasteiger partial charge in [-0.3, -0.25) is 9.80 Å². The summed E-state index contributed by atoms with van der Waals surface area (Å²) in [6.45, 7) is 16.2.